The Morgan fingerprint density at radius 1 is 1.62 bits per heavy atom. The Morgan fingerprint density at radius 3 is 3.19 bits per heavy atom. The fourth-order valence-electron chi connectivity index (χ4n) is 3.62. The van der Waals surface area contributed by atoms with E-state index in [0.717, 1.165) is 6.42 Å². The zero-order chi connectivity index (χ0) is 11.6. The van der Waals surface area contributed by atoms with Gasteiger partial charge < -0.3 is 4.74 Å². The summed E-state index contributed by atoms with van der Waals surface area (Å²) in [6, 6.07) is 0. The number of hydrogen-bond acceptors (Lipinski definition) is 2. The average Bonchev–Trinajstić information content (AvgIpc) is 2.69. The van der Waals surface area contributed by atoms with Crippen molar-refractivity contribution in [1.29, 1.82) is 0 Å². The highest BCUT2D eigenvalue weighted by molar-refractivity contribution is 5.73. The molecule has 0 aromatic carbocycles. The second-order valence-corrected chi connectivity index (χ2v) is 5.44. The van der Waals surface area contributed by atoms with Crippen molar-refractivity contribution in [2.45, 2.75) is 45.4 Å². The second kappa shape index (κ2) is 4.60. The Labute approximate surface area is 98.1 Å². The zero-order valence-corrected chi connectivity index (χ0v) is 10.2. The summed E-state index contributed by atoms with van der Waals surface area (Å²) in [6.45, 7) is 6.47. The quantitative estimate of drug-likeness (QED) is 0.414. The van der Waals surface area contributed by atoms with Crippen LogP contribution in [0, 0.1) is 17.3 Å². The van der Waals surface area contributed by atoms with E-state index in [2.05, 4.69) is 6.58 Å². The normalized spacial score (nSPS) is 37.9. The summed E-state index contributed by atoms with van der Waals surface area (Å²) in [7, 11) is 0. The lowest BCUT2D eigenvalue weighted by Crippen LogP contribution is -2.44. The average molecular weight is 222 g/mol. The van der Waals surface area contributed by atoms with Gasteiger partial charge in [0.15, 0.2) is 0 Å². The third kappa shape index (κ3) is 1.90. The minimum atomic E-state index is 0.0197. The van der Waals surface area contributed by atoms with Crippen LogP contribution >= 0.6 is 0 Å². The number of cyclic esters (lactones) is 1. The van der Waals surface area contributed by atoms with E-state index in [9.17, 15) is 4.79 Å². The third-order valence-corrected chi connectivity index (χ3v) is 4.54. The molecule has 2 rings (SSSR count). The van der Waals surface area contributed by atoms with E-state index in [0.29, 0.717) is 17.9 Å². The first-order valence-corrected chi connectivity index (χ1v) is 6.47. The monoisotopic (exact) mass is 222 g/mol. The number of unbranched alkanes of at least 4 members (excludes halogenated alkanes) is 1. The molecule has 1 saturated carbocycles. The van der Waals surface area contributed by atoms with E-state index < -0.39 is 0 Å². The van der Waals surface area contributed by atoms with Gasteiger partial charge in [-0.1, -0.05) is 19.4 Å². The number of esters is 1. The van der Waals surface area contributed by atoms with E-state index in [1.165, 1.54) is 32.1 Å². The van der Waals surface area contributed by atoms with Crippen LogP contribution in [-0.2, 0) is 9.53 Å². The van der Waals surface area contributed by atoms with Gasteiger partial charge in [0.05, 0.1) is 12.5 Å². The number of carbonyl (C=O) groups excluding carboxylic acids is 1. The number of ether oxygens (including phenoxy) is 1. The molecule has 1 saturated heterocycles. The molecule has 1 heterocycles. The lowest BCUT2D eigenvalue weighted by atomic mass is 9.68. The van der Waals surface area contributed by atoms with Crippen LogP contribution in [0.5, 0.6) is 0 Å². The first-order valence-electron chi connectivity index (χ1n) is 6.47. The van der Waals surface area contributed by atoms with Gasteiger partial charge in [-0.05, 0) is 38.0 Å². The predicted octanol–water partition coefficient (Wildman–Crippen LogP) is 3.32. The van der Waals surface area contributed by atoms with Gasteiger partial charge in [-0.3, -0.25) is 4.79 Å². The number of hydrogen-bond donors (Lipinski definition) is 0. The number of fused-ring (bicyclic) bond motifs is 1. The maximum absolute atomic E-state index is 11.6. The first kappa shape index (κ1) is 11.7. The molecular weight excluding hydrogens is 200 g/mol. The van der Waals surface area contributed by atoms with E-state index in [1.807, 2.05) is 13.0 Å². The highest BCUT2D eigenvalue weighted by Crippen LogP contribution is 2.53. The van der Waals surface area contributed by atoms with Crippen LogP contribution in [0.4, 0.5) is 0 Å². The molecule has 0 amide bonds. The van der Waals surface area contributed by atoms with E-state index in [4.69, 9.17) is 4.74 Å². The molecule has 0 radical (unpaired) electrons. The van der Waals surface area contributed by atoms with Gasteiger partial charge >= 0.3 is 5.97 Å². The topological polar surface area (TPSA) is 26.3 Å². The molecule has 2 nitrogen and oxygen atoms in total. The van der Waals surface area contributed by atoms with Crippen LogP contribution in [0.1, 0.15) is 45.4 Å². The van der Waals surface area contributed by atoms with E-state index in [1.54, 1.807) is 0 Å². The zero-order valence-electron chi connectivity index (χ0n) is 10.2. The summed E-state index contributed by atoms with van der Waals surface area (Å²) in [5, 5.41) is 0. The molecule has 0 bridgehead atoms. The second-order valence-electron chi connectivity index (χ2n) is 5.44. The molecule has 2 aliphatic rings. The Balaban J connectivity index is 2.05. The number of rotatable bonds is 4. The van der Waals surface area contributed by atoms with Crippen molar-refractivity contribution in [3.05, 3.63) is 12.7 Å². The van der Waals surface area contributed by atoms with Crippen LogP contribution in [-0.4, -0.2) is 12.6 Å². The number of carbonyl (C=O) groups is 1. The fraction of sp³-hybridized carbons (Fsp3) is 0.786. The molecule has 1 aliphatic heterocycles. The van der Waals surface area contributed by atoms with Gasteiger partial charge in [0.2, 0.25) is 0 Å². The van der Waals surface area contributed by atoms with Gasteiger partial charge in [-0.25, -0.2) is 0 Å². The van der Waals surface area contributed by atoms with Gasteiger partial charge in [0.25, 0.3) is 0 Å². The highest BCUT2D eigenvalue weighted by atomic mass is 16.5. The summed E-state index contributed by atoms with van der Waals surface area (Å²) >= 11 is 0. The highest BCUT2D eigenvalue weighted by Gasteiger charge is 2.50. The third-order valence-electron chi connectivity index (χ3n) is 4.54. The van der Waals surface area contributed by atoms with Gasteiger partial charge in [-0.2, -0.15) is 0 Å². The summed E-state index contributed by atoms with van der Waals surface area (Å²) in [4.78, 5) is 11.6. The lowest BCUT2D eigenvalue weighted by Gasteiger charge is -2.42. The molecule has 0 spiro atoms. The largest absolute Gasteiger partial charge is 0.465 e. The molecule has 0 aromatic rings. The smallest absolute Gasteiger partial charge is 0.308 e. The van der Waals surface area contributed by atoms with Crippen molar-refractivity contribution in [2.24, 2.45) is 17.3 Å². The van der Waals surface area contributed by atoms with Crippen LogP contribution in [0.25, 0.3) is 0 Å². The summed E-state index contributed by atoms with van der Waals surface area (Å²) in [6.07, 6.45) is 9.16. The van der Waals surface area contributed by atoms with Crippen molar-refractivity contribution in [1.82, 2.24) is 0 Å². The summed E-state index contributed by atoms with van der Waals surface area (Å²) in [5.74, 6) is 0.699. The van der Waals surface area contributed by atoms with Crippen molar-refractivity contribution >= 4 is 5.97 Å². The summed E-state index contributed by atoms with van der Waals surface area (Å²) in [5.41, 5.74) is 0.302. The Hall–Kier alpha value is -0.790. The molecule has 0 unspecified atom stereocenters. The molecular formula is C14H22O2. The van der Waals surface area contributed by atoms with Crippen molar-refractivity contribution in [3.63, 3.8) is 0 Å². The van der Waals surface area contributed by atoms with Crippen molar-refractivity contribution < 1.29 is 9.53 Å². The molecule has 16 heavy (non-hydrogen) atoms. The molecule has 1 aliphatic carbocycles. The molecule has 0 aromatic heterocycles. The SMILES string of the molecule is C=CCCC[C@]12CCC[C@H]1[C@H](C)C(=O)OC2. The Morgan fingerprint density at radius 2 is 2.44 bits per heavy atom. The van der Waals surface area contributed by atoms with Crippen LogP contribution in [0.15, 0.2) is 12.7 Å². The lowest BCUT2D eigenvalue weighted by molar-refractivity contribution is -0.167. The Kier molecular flexibility index (Phi) is 3.36. The van der Waals surface area contributed by atoms with E-state index in [-0.39, 0.29) is 11.9 Å². The van der Waals surface area contributed by atoms with Gasteiger partial charge in [0, 0.05) is 5.41 Å². The summed E-state index contributed by atoms with van der Waals surface area (Å²) < 4.78 is 5.37. The molecule has 2 fully saturated rings. The van der Waals surface area contributed by atoms with Crippen LogP contribution in [0.2, 0.25) is 0 Å². The van der Waals surface area contributed by atoms with Gasteiger partial charge in [-0.15, -0.1) is 6.58 Å². The molecule has 3 atom stereocenters. The van der Waals surface area contributed by atoms with Crippen molar-refractivity contribution in [3.8, 4) is 0 Å². The molecule has 0 N–H and O–H groups in total. The van der Waals surface area contributed by atoms with Crippen LogP contribution < -0.4 is 0 Å². The van der Waals surface area contributed by atoms with Crippen LogP contribution in [0.3, 0.4) is 0 Å². The molecule has 90 valence electrons. The number of allylic oxidation sites excluding steroid dienone is 1. The first-order chi connectivity index (χ1) is 7.69. The predicted molar refractivity (Wildman–Crippen MR) is 63.9 cm³/mol. The van der Waals surface area contributed by atoms with Crippen molar-refractivity contribution in [2.75, 3.05) is 6.61 Å². The minimum Gasteiger partial charge on any atom is -0.465 e. The maximum Gasteiger partial charge on any atom is 0.308 e. The maximum atomic E-state index is 11.6. The minimum absolute atomic E-state index is 0.0197. The standard InChI is InChI=1S/C14H22O2/c1-3-4-5-8-14-9-6-7-12(14)11(2)13(15)16-10-14/h3,11-12H,1,4-10H2,2H3/t11-,12-,14+/m0/s1. The van der Waals surface area contributed by atoms with E-state index >= 15 is 0 Å². The molecule has 2 heteroatoms. The van der Waals surface area contributed by atoms with Gasteiger partial charge in [0.1, 0.15) is 0 Å². The fourth-order valence-corrected chi connectivity index (χ4v) is 3.62. The Bertz CT molecular complexity index is 284.